The van der Waals surface area contributed by atoms with E-state index in [2.05, 4.69) is 19.9 Å². The number of hydrogen-bond acceptors (Lipinski definition) is 3. The van der Waals surface area contributed by atoms with Crippen LogP contribution in [-0.4, -0.2) is 23.6 Å². The highest BCUT2D eigenvalue weighted by Crippen LogP contribution is 2.53. The largest absolute Gasteiger partial charge is 0.497 e. The molecule has 2 aliphatic rings. The zero-order valence-electron chi connectivity index (χ0n) is 15.0. The quantitative estimate of drug-likeness (QED) is 0.850. The molecule has 3 nitrogen and oxygen atoms in total. The molecule has 0 unspecified atom stereocenters. The SMILES string of the molecule is COc1ccc(C[C@]2(O)C(=O)CCC/C=C3/CC[C@H]2C3(C)C)cc1. The maximum atomic E-state index is 12.9. The molecule has 0 aromatic heterocycles. The number of ether oxygens (including phenoxy) is 1. The highest BCUT2D eigenvalue weighted by atomic mass is 16.5. The number of benzene rings is 1. The summed E-state index contributed by atoms with van der Waals surface area (Å²) in [4.78, 5) is 12.9. The lowest BCUT2D eigenvalue weighted by atomic mass is 9.66. The predicted octanol–water partition coefficient (Wildman–Crippen LogP) is 4.08. The van der Waals surface area contributed by atoms with Crippen LogP contribution in [0.15, 0.2) is 35.9 Å². The van der Waals surface area contributed by atoms with Gasteiger partial charge in [-0.2, -0.15) is 0 Å². The number of carbonyl (C=O) groups is 1. The number of fused-ring (bicyclic) bond motifs is 2. The molecule has 24 heavy (non-hydrogen) atoms. The van der Waals surface area contributed by atoms with Crippen LogP contribution in [0.1, 0.15) is 51.5 Å². The van der Waals surface area contributed by atoms with Gasteiger partial charge in [-0.05, 0) is 48.8 Å². The van der Waals surface area contributed by atoms with Crippen molar-refractivity contribution in [2.24, 2.45) is 11.3 Å². The molecule has 2 atom stereocenters. The molecule has 0 amide bonds. The van der Waals surface area contributed by atoms with Crippen LogP contribution in [0.3, 0.4) is 0 Å². The monoisotopic (exact) mass is 328 g/mol. The first kappa shape index (κ1) is 17.2. The van der Waals surface area contributed by atoms with E-state index in [1.807, 2.05) is 24.3 Å². The summed E-state index contributed by atoms with van der Waals surface area (Å²) in [6.45, 7) is 4.38. The van der Waals surface area contributed by atoms with E-state index in [1.165, 1.54) is 5.57 Å². The van der Waals surface area contributed by atoms with Gasteiger partial charge in [0.25, 0.3) is 0 Å². The van der Waals surface area contributed by atoms with Gasteiger partial charge in [0, 0.05) is 18.8 Å². The number of ketones is 1. The van der Waals surface area contributed by atoms with Crippen molar-refractivity contribution >= 4 is 5.78 Å². The Morgan fingerprint density at radius 2 is 1.92 bits per heavy atom. The van der Waals surface area contributed by atoms with E-state index in [1.54, 1.807) is 7.11 Å². The van der Waals surface area contributed by atoms with E-state index >= 15 is 0 Å². The van der Waals surface area contributed by atoms with Crippen LogP contribution in [0.25, 0.3) is 0 Å². The number of allylic oxidation sites excluding steroid dienone is 2. The van der Waals surface area contributed by atoms with Crippen LogP contribution in [0.4, 0.5) is 0 Å². The fourth-order valence-electron chi connectivity index (χ4n) is 4.63. The summed E-state index contributed by atoms with van der Waals surface area (Å²) in [5.41, 5.74) is 0.994. The second-order valence-corrected chi connectivity index (χ2v) is 7.81. The van der Waals surface area contributed by atoms with Gasteiger partial charge in [-0.15, -0.1) is 0 Å². The number of aliphatic hydroxyl groups is 1. The van der Waals surface area contributed by atoms with Crippen LogP contribution in [-0.2, 0) is 11.2 Å². The molecule has 3 rings (SSSR count). The maximum Gasteiger partial charge on any atom is 0.165 e. The number of hydrogen-bond donors (Lipinski definition) is 1. The van der Waals surface area contributed by atoms with Gasteiger partial charge in [-0.3, -0.25) is 4.79 Å². The van der Waals surface area contributed by atoms with Gasteiger partial charge < -0.3 is 9.84 Å². The molecule has 0 radical (unpaired) electrons. The fraction of sp³-hybridized carbons (Fsp3) is 0.571. The van der Waals surface area contributed by atoms with Crippen molar-refractivity contribution in [2.45, 2.75) is 58.0 Å². The molecule has 1 N–H and O–H groups in total. The van der Waals surface area contributed by atoms with Crippen molar-refractivity contribution in [2.75, 3.05) is 7.11 Å². The summed E-state index contributed by atoms with van der Waals surface area (Å²) in [6, 6.07) is 7.69. The molecule has 0 saturated heterocycles. The van der Waals surface area contributed by atoms with Gasteiger partial charge in [-0.25, -0.2) is 0 Å². The van der Waals surface area contributed by atoms with Crippen LogP contribution in [0, 0.1) is 11.3 Å². The van der Waals surface area contributed by atoms with Crippen LogP contribution >= 0.6 is 0 Å². The van der Waals surface area contributed by atoms with E-state index < -0.39 is 5.60 Å². The average Bonchev–Trinajstić information content (AvgIpc) is 2.87. The van der Waals surface area contributed by atoms with Crippen LogP contribution in [0.2, 0.25) is 0 Å². The third-order valence-electron chi connectivity index (χ3n) is 6.09. The third kappa shape index (κ3) is 2.90. The van der Waals surface area contributed by atoms with Crippen molar-refractivity contribution in [3.05, 3.63) is 41.5 Å². The van der Waals surface area contributed by atoms with Gasteiger partial charge in [0.1, 0.15) is 11.4 Å². The van der Waals surface area contributed by atoms with E-state index in [0.29, 0.717) is 12.8 Å². The first-order valence-corrected chi connectivity index (χ1v) is 8.96. The molecule has 3 heteroatoms. The van der Waals surface area contributed by atoms with Crippen molar-refractivity contribution in [3.63, 3.8) is 0 Å². The molecule has 1 saturated carbocycles. The van der Waals surface area contributed by atoms with Gasteiger partial charge in [0.05, 0.1) is 7.11 Å². The number of carbonyl (C=O) groups excluding carboxylic acids is 1. The van der Waals surface area contributed by atoms with E-state index in [9.17, 15) is 9.90 Å². The second-order valence-electron chi connectivity index (χ2n) is 7.81. The van der Waals surface area contributed by atoms with Crippen molar-refractivity contribution in [3.8, 4) is 5.75 Å². The molecule has 1 aromatic rings. The summed E-state index contributed by atoms with van der Waals surface area (Å²) in [6.07, 6.45) is 6.81. The Balaban J connectivity index is 1.96. The first-order chi connectivity index (χ1) is 11.4. The van der Waals surface area contributed by atoms with Gasteiger partial charge in [0.2, 0.25) is 0 Å². The summed E-state index contributed by atoms with van der Waals surface area (Å²) < 4.78 is 5.20. The molecule has 2 bridgehead atoms. The van der Waals surface area contributed by atoms with Gasteiger partial charge in [0.15, 0.2) is 5.78 Å². The molecule has 0 heterocycles. The van der Waals surface area contributed by atoms with Crippen LogP contribution < -0.4 is 4.74 Å². The Labute approximate surface area is 144 Å². The minimum absolute atomic E-state index is 0.00735. The highest BCUT2D eigenvalue weighted by molar-refractivity contribution is 5.88. The predicted molar refractivity (Wildman–Crippen MR) is 95.1 cm³/mol. The zero-order valence-corrected chi connectivity index (χ0v) is 15.0. The molecule has 1 aromatic carbocycles. The molecule has 0 aliphatic heterocycles. The number of Topliss-reactive ketones (excluding diaryl/α,β-unsaturated/α-hetero) is 1. The van der Waals surface area contributed by atoms with Crippen molar-refractivity contribution < 1.29 is 14.6 Å². The zero-order chi connectivity index (χ0) is 17.4. The van der Waals surface area contributed by atoms with E-state index in [4.69, 9.17) is 4.74 Å². The van der Waals surface area contributed by atoms with Gasteiger partial charge in [-0.1, -0.05) is 37.6 Å². The normalized spacial score (nSPS) is 31.6. The summed E-state index contributed by atoms with van der Waals surface area (Å²) in [5.74, 6) is 0.773. The Bertz CT molecular complexity index is 642. The topological polar surface area (TPSA) is 46.5 Å². The molecular formula is C21H28O3. The smallest absolute Gasteiger partial charge is 0.165 e. The molecular weight excluding hydrogens is 300 g/mol. The molecule has 1 fully saturated rings. The minimum Gasteiger partial charge on any atom is -0.497 e. The van der Waals surface area contributed by atoms with E-state index in [0.717, 1.165) is 37.0 Å². The number of rotatable bonds is 3. The van der Waals surface area contributed by atoms with Crippen molar-refractivity contribution in [1.82, 2.24) is 0 Å². The van der Waals surface area contributed by atoms with Gasteiger partial charge >= 0.3 is 0 Å². The lowest BCUT2D eigenvalue weighted by molar-refractivity contribution is -0.147. The Morgan fingerprint density at radius 1 is 1.21 bits per heavy atom. The van der Waals surface area contributed by atoms with E-state index in [-0.39, 0.29) is 17.1 Å². The van der Waals surface area contributed by atoms with Crippen LogP contribution in [0.5, 0.6) is 5.75 Å². The Morgan fingerprint density at radius 3 is 2.58 bits per heavy atom. The first-order valence-electron chi connectivity index (χ1n) is 8.96. The molecule has 130 valence electrons. The molecule has 2 aliphatic carbocycles. The standard InChI is InChI=1S/C21H28O3/c1-20(2)16-6-4-5-7-19(22)21(23,18(20)13-10-16)14-15-8-11-17(24-3)12-9-15/h6,8-9,11-12,18,23H,4-5,7,10,13-14H2,1-3H3/b16-6-/t18-,21+/m0/s1. The maximum absolute atomic E-state index is 12.9. The highest BCUT2D eigenvalue weighted by Gasteiger charge is 2.53. The summed E-state index contributed by atoms with van der Waals surface area (Å²) in [7, 11) is 1.64. The summed E-state index contributed by atoms with van der Waals surface area (Å²) in [5, 5.41) is 11.6. The molecule has 0 spiro atoms. The summed E-state index contributed by atoms with van der Waals surface area (Å²) >= 11 is 0. The third-order valence-corrected chi connectivity index (χ3v) is 6.09. The second kappa shape index (κ2) is 6.36. The fourth-order valence-corrected chi connectivity index (χ4v) is 4.63. The lowest BCUT2D eigenvalue weighted by Crippen LogP contribution is -2.51. The Kier molecular flexibility index (Phi) is 4.56. The number of methoxy groups -OCH3 is 1. The Hall–Kier alpha value is -1.61. The lowest BCUT2D eigenvalue weighted by Gasteiger charge is -2.40. The van der Waals surface area contributed by atoms with Crippen molar-refractivity contribution in [1.29, 1.82) is 0 Å². The minimum atomic E-state index is -1.28. The average molecular weight is 328 g/mol.